The number of ether oxygens (including phenoxy) is 2. The van der Waals surface area contributed by atoms with Crippen LogP contribution in [0, 0.1) is 23.7 Å². The van der Waals surface area contributed by atoms with E-state index >= 15 is 0 Å². The van der Waals surface area contributed by atoms with Crippen LogP contribution in [0.3, 0.4) is 0 Å². The van der Waals surface area contributed by atoms with Gasteiger partial charge in [0.1, 0.15) is 12.1 Å². The molecule has 3 heterocycles. The molecular weight excluding hydrogens is 1040 g/mol. The molecule has 2 unspecified atom stereocenters. The van der Waals surface area contributed by atoms with Gasteiger partial charge in [-0.1, -0.05) is 103 Å². The van der Waals surface area contributed by atoms with Crippen LogP contribution in [-0.2, 0) is 60.8 Å². The van der Waals surface area contributed by atoms with Crippen molar-refractivity contribution in [2.45, 2.75) is 192 Å². The summed E-state index contributed by atoms with van der Waals surface area (Å²) in [6.45, 7) is 11.8. The molecule has 2 saturated heterocycles. The molecule has 3 aliphatic heterocycles. The molecule has 0 radical (unpaired) electrons. The van der Waals surface area contributed by atoms with Crippen molar-refractivity contribution < 1.29 is 52.9 Å². The molecule has 2 bridgehead atoms. The second-order valence-electron chi connectivity index (χ2n) is 23.6. The Hall–Kier alpha value is -6.02. The van der Waals surface area contributed by atoms with Crippen molar-refractivity contribution >= 4 is 52.9 Å². The number of hydrogen-bond donors (Lipinski definition) is 5. The van der Waals surface area contributed by atoms with Crippen molar-refractivity contribution in [1.82, 2.24) is 35.6 Å². The first-order valence-electron chi connectivity index (χ1n) is 30.2. The first kappa shape index (κ1) is 65.1. The lowest BCUT2D eigenvalue weighted by atomic mass is 9.89. The van der Waals surface area contributed by atoms with Gasteiger partial charge in [0.15, 0.2) is 0 Å². The van der Waals surface area contributed by atoms with Crippen LogP contribution in [0.1, 0.15) is 142 Å². The molecule has 11 atom stereocenters. The molecule has 8 amide bonds. The number of aliphatic hydroxyl groups is 1. The molecule has 6 rings (SSSR count). The zero-order chi connectivity index (χ0) is 59.5. The number of nitrogens with zero attached hydrogens (tertiary/aromatic N) is 4. The summed E-state index contributed by atoms with van der Waals surface area (Å²) in [6.07, 6.45) is 12.2. The van der Waals surface area contributed by atoms with Gasteiger partial charge in [0.25, 0.3) is 11.8 Å². The van der Waals surface area contributed by atoms with Gasteiger partial charge in [-0.25, -0.2) is 0 Å². The molecule has 19 nitrogen and oxygen atoms in total. The van der Waals surface area contributed by atoms with Crippen molar-refractivity contribution in [3.8, 4) is 0 Å². The number of rotatable bonds is 34. The second kappa shape index (κ2) is 32.1. The van der Waals surface area contributed by atoms with Crippen molar-refractivity contribution in [3.05, 3.63) is 77.9 Å². The number of amides is 8. The molecule has 19 heteroatoms. The monoisotopic (exact) mass is 1140 g/mol. The summed E-state index contributed by atoms with van der Waals surface area (Å²) in [5.74, 6) is -2.92. The van der Waals surface area contributed by atoms with E-state index in [1.54, 1.807) is 55.1 Å². The zero-order valence-electron chi connectivity index (χ0n) is 49.9. The summed E-state index contributed by atoms with van der Waals surface area (Å²) in [5, 5.41) is 21.3. The lowest BCUT2D eigenvalue weighted by Crippen LogP contribution is -2.60. The molecule has 0 aromatic heterocycles. The highest BCUT2D eigenvalue weighted by Crippen LogP contribution is 2.43. The molecular formula is C63H94N8O11. The van der Waals surface area contributed by atoms with Gasteiger partial charge in [-0.15, -0.1) is 0 Å². The van der Waals surface area contributed by atoms with E-state index in [-0.39, 0.29) is 85.2 Å². The lowest BCUT2D eigenvalue weighted by molar-refractivity contribution is -0.148. The van der Waals surface area contributed by atoms with Gasteiger partial charge in [-0.05, 0) is 105 Å². The number of imide groups is 1. The fraction of sp³-hybridized carbons (Fsp3) is 0.651. The summed E-state index contributed by atoms with van der Waals surface area (Å²) in [7, 11) is 4.84. The van der Waals surface area contributed by atoms with Crippen LogP contribution >= 0.6 is 0 Å². The van der Waals surface area contributed by atoms with E-state index in [0.29, 0.717) is 69.8 Å². The van der Waals surface area contributed by atoms with Gasteiger partial charge in [-0.3, -0.25) is 48.2 Å². The first-order chi connectivity index (χ1) is 39.4. The van der Waals surface area contributed by atoms with Crippen LogP contribution in [0.2, 0.25) is 0 Å². The third-order valence-corrected chi connectivity index (χ3v) is 17.6. The largest absolute Gasteiger partial charge is 0.396 e. The Balaban J connectivity index is 1.05. The summed E-state index contributed by atoms with van der Waals surface area (Å²) in [6, 6.07) is 13.8. The Morgan fingerprint density at radius 2 is 1.46 bits per heavy atom. The topological polar surface area (TPSA) is 236 Å². The number of likely N-dealkylation sites (tertiary alicyclic amines) is 2. The standard InChI is InChI=1S/C63H94N8O11/c1-9-42(4)57(68(6)63(80)56(41(2)3)67-62(79)58-46-27-30-48(38-46)69(58)33-17-10-11-19-36-72)51(81-7)39-55(76)70-35-20-23-50(70)59(82-8)43(5)60(77)66-49(37-44-21-14-12-15-22-44)61(78)65-47-28-25-45(26-29-47)40-64-52(73)24-16-13-18-34-71-53(74)31-32-54(71)75/h12,14-15,21-22,25-26,28-29,31-32,41-43,46,48-51,56-59,72H,9-11,13,16-20,23-24,27,30,33-40H2,1-8H3,(H,64,73)(H,65,78)(H,66,77)(H,67,79)/t42-,43+,46-,48+,49?,50-,51+,56?,57-,58-,59+/m0/s1. The smallest absolute Gasteiger partial charge is 0.253 e. The highest BCUT2D eigenvalue weighted by atomic mass is 16.5. The van der Waals surface area contributed by atoms with Gasteiger partial charge >= 0.3 is 0 Å². The minimum atomic E-state index is -0.975. The van der Waals surface area contributed by atoms with Gasteiger partial charge in [0.2, 0.25) is 35.4 Å². The summed E-state index contributed by atoms with van der Waals surface area (Å²) in [4.78, 5) is 115. The number of fused-ring (bicyclic) bond motifs is 2. The van der Waals surface area contributed by atoms with Crippen molar-refractivity contribution in [3.63, 3.8) is 0 Å². The van der Waals surface area contributed by atoms with E-state index in [4.69, 9.17) is 9.47 Å². The van der Waals surface area contributed by atoms with Crippen molar-refractivity contribution in [2.75, 3.05) is 52.8 Å². The molecule has 452 valence electrons. The number of nitrogens with one attached hydrogen (secondary N) is 4. The van der Waals surface area contributed by atoms with Gasteiger partial charge in [0.05, 0.1) is 42.7 Å². The number of hydrogen-bond acceptors (Lipinski definition) is 12. The Morgan fingerprint density at radius 3 is 2.12 bits per heavy atom. The average Bonchev–Trinajstić information content (AvgIpc) is 4.44. The molecule has 4 aliphatic rings. The maximum atomic E-state index is 14.8. The molecule has 0 spiro atoms. The lowest BCUT2D eigenvalue weighted by Gasteiger charge is -2.41. The van der Waals surface area contributed by atoms with Crippen LogP contribution in [0.25, 0.3) is 0 Å². The molecule has 1 aliphatic carbocycles. The van der Waals surface area contributed by atoms with Crippen LogP contribution in [0.5, 0.6) is 0 Å². The molecule has 2 aromatic rings. The third kappa shape index (κ3) is 17.5. The summed E-state index contributed by atoms with van der Waals surface area (Å²) >= 11 is 0. The fourth-order valence-electron chi connectivity index (χ4n) is 12.8. The quantitative estimate of drug-likeness (QED) is 0.0406. The van der Waals surface area contributed by atoms with Gasteiger partial charge < -0.3 is 45.6 Å². The van der Waals surface area contributed by atoms with Gasteiger partial charge in [-0.2, -0.15) is 0 Å². The summed E-state index contributed by atoms with van der Waals surface area (Å²) < 4.78 is 12.3. The van der Waals surface area contributed by atoms with Crippen LogP contribution in [0.15, 0.2) is 66.7 Å². The first-order valence-corrected chi connectivity index (χ1v) is 30.2. The number of carbonyl (C=O) groups excluding carboxylic acids is 8. The van der Waals surface area contributed by atoms with E-state index in [1.807, 2.05) is 58.0 Å². The Morgan fingerprint density at radius 1 is 0.780 bits per heavy atom. The average molecular weight is 1140 g/mol. The van der Waals surface area contributed by atoms with E-state index in [9.17, 15) is 43.5 Å². The normalized spacial score (nSPS) is 21.2. The fourth-order valence-corrected chi connectivity index (χ4v) is 12.8. The minimum absolute atomic E-state index is 0.0304. The van der Waals surface area contributed by atoms with E-state index < -0.39 is 54.1 Å². The zero-order valence-corrected chi connectivity index (χ0v) is 49.9. The number of carbonyl (C=O) groups is 8. The number of piperidine rings is 1. The number of likely N-dealkylation sites (N-methyl/N-ethyl adjacent to an activating group) is 1. The van der Waals surface area contributed by atoms with Crippen LogP contribution < -0.4 is 21.3 Å². The molecule has 5 N–H and O–H groups in total. The van der Waals surface area contributed by atoms with E-state index in [2.05, 4.69) is 26.2 Å². The van der Waals surface area contributed by atoms with Crippen molar-refractivity contribution in [2.24, 2.45) is 23.7 Å². The third-order valence-electron chi connectivity index (χ3n) is 17.6. The number of anilines is 1. The maximum absolute atomic E-state index is 14.8. The van der Waals surface area contributed by atoms with E-state index in [0.717, 1.165) is 62.6 Å². The minimum Gasteiger partial charge on any atom is -0.396 e. The molecule has 3 fully saturated rings. The molecule has 82 heavy (non-hydrogen) atoms. The maximum Gasteiger partial charge on any atom is 0.253 e. The summed E-state index contributed by atoms with van der Waals surface area (Å²) in [5.41, 5.74) is 2.16. The van der Waals surface area contributed by atoms with Crippen LogP contribution in [0.4, 0.5) is 5.69 Å². The number of unbranched alkanes of at least 4 members (excludes halogenated alkanes) is 5. The molecule has 2 aromatic carbocycles. The number of benzene rings is 2. The Kier molecular flexibility index (Phi) is 25.5. The Labute approximate surface area is 486 Å². The predicted molar refractivity (Wildman–Crippen MR) is 313 cm³/mol. The SMILES string of the molecule is CC[C@H](C)[C@@H]([C@@H](CC(=O)N1CCC[C@H]1[C@H](OC)[C@@H](C)C(=O)NC(Cc1ccccc1)C(=O)Nc1ccc(CNC(=O)CCCCCN2C(=O)C=CC2=O)cc1)OC)N(C)C(=O)C(NC(=O)[C@@H]1[C@H]2CC[C@H](C2)N1CCCCCCO)C(C)C. The predicted octanol–water partition coefficient (Wildman–Crippen LogP) is 5.92. The highest BCUT2D eigenvalue weighted by Gasteiger charge is 2.50. The van der Waals surface area contributed by atoms with Crippen molar-refractivity contribution in [1.29, 1.82) is 0 Å². The van der Waals surface area contributed by atoms with Gasteiger partial charge in [0, 0.05) is 84.2 Å². The van der Waals surface area contributed by atoms with E-state index in [1.165, 1.54) is 24.2 Å². The number of methoxy groups -OCH3 is 2. The Bertz CT molecular complexity index is 2460. The molecule has 1 saturated carbocycles. The highest BCUT2D eigenvalue weighted by molar-refractivity contribution is 6.12. The number of aliphatic hydroxyl groups excluding tert-OH is 1. The second-order valence-corrected chi connectivity index (χ2v) is 23.6. The van der Waals surface area contributed by atoms with Crippen LogP contribution in [-0.4, -0.2) is 168 Å².